The van der Waals surface area contributed by atoms with Crippen LogP contribution in [0, 0.1) is 0 Å². The number of hydrogen-bond acceptors (Lipinski definition) is 0. The summed E-state index contributed by atoms with van der Waals surface area (Å²) in [5.41, 5.74) is 4.30. The molecule has 89 valence electrons. The summed E-state index contributed by atoms with van der Waals surface area (Å²) in [4.78, 5) is 0. The molecule has 0 radical (unpaired) electrons. The molecule has 0 nitrogen and oxygen atoms in total. The van der Waals surface area contributed by atoms with Crippen LogP contribution in [0.5, 0.6) is 0 Å². The number of rotatable bonds is 1. The molecule has 2 aromatic carbocycles. The van der Waals surface area contributed by atoms with Crippen LogP contribution in [-0.2, 0) is 24.4 Å². The minimum atomic E-state index is 0. The van der Waals surface area contributed by atoms with E-state index in [2.05, 4.69) is 60.7 Å². The van der Waals surface area contributed by atoms with Crippen molar-refractivity contribution in [2.24, 2.45) is 0 Å². The topological polar surface area (TPSA) is 0 Å². The third-order valence-corrected chi connectivity index (χ3v) is 4.62. The average Bonchev–Trinajstić information content (AvgIpc) is 2.66. The van der Waals surface area contributed by atoms with Crippen LogP contribution in [0.3, 0.4) is 0 Å². The van der Waals surface area contributed by atoms with Crippen LogP contribution in [-0.4, -0.2) is 0 Å². The average molecular weight is 408 g/mol. The van der Waals surface area contributed by atoms with E-state index in [1.54, 1.807) is 3.33 Å². The monoisotopic (exact) mass is 409 g/mol. The Morgan fingerprint density at radius 3 is 2.11 bits per heavy atom. The van der Waals surface area contributed by atoms with E-state index < -0.39 is 0 Å². The van der Waals surface area contributed by atoms with Crippen LogP contribution in [0.1, 0.15) is 22.6 Å². The second-order valence-electron chi connectivity index (χ2n) is 4.07. The minimum absolute atomic E-state index is 0. The van der Waals surface area contributed by atoms with Gasteiger partial charge in [-0.2, -0.15) is 0 Å². The molecule has 1 aliphatic rings. The maximum absolute atomic E-state index is 2.36. The van der Waals surface area contributed by atoms with E-state index in [0.717, 1.165) is 24.4 Å². The number of benzene rings is 2. The normalized spacial score (nSPS) is 16.1. The molecule has 1 aliphatic carbocycles. The molecule has 0 saturated carbocycles. The fraction of sp³-hybridized carbons (Fsp3) is 0.0667. The van der Waals surface area contributed by atoms with Crippen molar-refractivity contribution in [2.75, 3.05) is 0 Å². The van der Waals surface area contributed by atoms with Crippen molar-refractivity contribution in [1.82, 2.24) is 0 Å². The first-order valence-electron chi connectivity index (χ1n) is 5.43. The van der Waals surface area contributed by atoms with Gasteiger partial charge in [0.1, 0.15) is 0 Å². The molecule has 1 atom stereocenters. The van der Waals surface area contributed by atoms with Gasteiger partial charge in [-0.3, -0.25) is 0 Å². The van der Waals surface area contributed by atoms with Gasteiger partial charge in [0.05, 0.1) is 0 Å². The van der Waals surface area contributed by atoms with Gasteiger partial charge in [0.2, 0.25) is 0 Å². The van der Waals surface area contributed by atoms with Crippen molar-refractivity contribution in [3.63, 3.8) is 0 Å². The number of halogens is 2. The summed E-state index contributed by atoms with van der Waals surface area (Å²) in [5.74, 6) is 0.518. The Bertz CT molecular complexity index is 549. The summed E-state index contributed by atoms with van der Waals surface area (Å²) in [6.07, 6.45) is 2.36. The van der Waals surface area contributed by atoms with Gasteiger partial charge in [-0.1, -0.05) is 0 Å². The molecule has 2 aromatic rings. The van der Waals surface area contributed by atoms with E-state index in [4.69, 9.17) is 0 Å². The van der Waals surface area contributed by atoms with E-state index >= 15 is 0 Å². The van der Waals surface area contributed by atoms with E-state index in [9.17, 15) is 0 Å². The van der Waals surface area contributed by atoms with Gasteiger partial charge >= 0.3 is 111 Å². The van der Waals surface area contributed by atoms with E-state index in [1.165, 1.54) is 16.7 Å². The molecule has 3 rings (SSSR count). The summed E-state index contributed by atoms with van der Waals surface area (Å²) in [7, 11) is 0. The molecule has 0 amide bonds. The zero-order valence-corrected chi connectivity index (χ0v) is 13.2. The quantitative estimate of drug-likeness (QED) is 0.468. The predicted octanol–water partition coefficient (Wildman–Crippen LogP) is -2.27. The van der Waals surface area contributed by atoms with Crippen molar-refractivity contribution in [3.8, 4) is 0 Å². The zero-order chi connectivity index (χ0) is 11.0. The van der Waals surface area contributed by atoms with Crippen molar-refractivity contribution in [2.45, 2.75) is 5.92 Å². The molecule has 0 heterocycles. The van der Waals surface area contributed by atoms with Crippen LogP contribution in [0.15, 0.2) is 57.9 Å². The van der Waals surface area contributed by atoms with Gasteiger partial charge in [0.15, 0.2) is 0 Å². The Morgan fingerprint density at radius 2 is 1.39 bits per heavy atom. The molecule has 3 heteroatoms. The number of fused-ring (bicyclic) bond motifs is 1. The molecule has 0 aliphatic heterocycles. The van der Waals surface area contributed by atoms with Crippen LogP contribution >= 0.6 is 0 Å². The number of hydrogen-bond donors (Lipinski definition) is 0. The Balaban J connectivity index is 0.000000810. The molecule has 0 bridgehead atoms. The first kappa shape index (κ1) is 15.0. The van der Waals surface area contributed by atoms with Crippen molar-refractivity contribution in [3.05, 3.63) is 74.6 Å². The number of allylic oxidation sites excluding steroid dienone is 1. The first-order valence-corrected chi connectivity index (χ1v) is 7.23. The Hall–Kier alpha value is -1.09. The van der Waals surface area contributed by atoms with Gasteiger partial charge in [-0.25, -0.2) is 0 Å². The van der Waals surface area contributed by atoms with Crippen molar-refractivity contribution >= 4 is 6.08 Å². The fourth-order valence-corrected chi connectivity index (χ4v) is 4.04. The zero-order valence-electron chi connectivity index (χ0n) is 9.61. The third-order valence-electron chi connectivity index (χ3n) is 3.06. The van der Waals surface area contributed by atoms with Crippen LogP contribution in [0.25, 0.3) is 6.08 Å². The fourth-order valence-electron chi connectivity index (χ4n) is 2.33. The summed E-state index contributed by atoms with van der Waals surface area (Å²) < 4.78 is 1.58. The Kier molecular flexibility index (Phi) is 5.15. The second-order valence-corrected chi connectivity index (χ2v) is 6.15. The Labute approximate surface area is 120 Å². The van der Waals surface area contributed by atoms with E-state index in [0.29, 0.717) is 5.92 Å². The van der Waals surface area contributed by atoms with Crippen molar-refractivity contribution < 1.29 is 33.8 Å². The molecular formula is C15H11F2Hf. The molecule has 0 aromatic heterocycles. The van der Waals surface area contributed by atoms with Gasteiger partial charge in [-0.15, -0.1) is 0 Å². The third kappa shape index (κ3) is 2.51. The molecular weight excluding hydrogens is 397 g/mol. The van der Waals surface area contributed by atoms with E-state index in [-0.39, 0.29) is 9.41 Å². The van der Waals surface area contributed by atoms with Gasteiger partial charge in [-0.05, 0) is 0 Å². The summed E-state index contributed by atoms with van der Waals surface area (Å²) in [5, 5.41) is 0. The van der Waals surface area contributed by atoms with Crippen LogP contribution in [0.2, 0.25) is 0 Å². The van der Waals surface area contributed by atoms with Gasteiger partial charge in [0, 0.05) is 0 Å². The standard InChI is InChI=1S/C15H11.2FH.Hf/c1-2-6-12(7-3-1)15-11-10-13-8-4-5-9-14(13)15;;;/h1-10,15H;2*1H;/q;;;+2/p-2. The van der Waals surface area contributed by atoms with Gasteiger partial charge in [0.25, 0.3) is 0 Å². The molecule has 1 unspecified atom stereocenters. The van der Waals surface area contributed by atoms with E-state index in [1.807, 2.05) is 0 Å². The van der Waals surface area contributed by atoms with Crippen molar-refractivity contribution in [1.29, 1.82) is 0 Å². The Morgan fingerprint density at radius 1 is 0.778 bits per heavy atom. The summed E-state index contributed by atoms with van der Waals surface area (Å²) >= 11 is 1.14. The predicted molar refractivity (Wildman–Crippen MR) is 62.7 cm³/mol. The van der Waals surface area contributed by atoms with Crippen LogP contribution in [0.4, 0.5) is 0 Å². The second kappa shape index (κ2) is 6.19. The molecule has 0 fully saturated rings. The molecule has 0 spiro atoms. The molecule has 0 saturated heterocycles. The molecule has 0 N–H and O–H groups in total. The van der Waals surface area contributed by atoms with Crippen LogP contribution < -0.4 is 9.41 Å². The molecule has 18 heavy (non-hydrogen) atoms. The maximum atomic E-state index is 2.36. The first-order chi connectivity index (χ1) is 7.86. The van der Waals surface area contributed by atoms with Gasteiger partial charge < -0.3 is 9.41 Å². The summed E-state index contributed by atoms with van der Waals surface area (Å²) in [6.45, 7) is 0. The SMILES string of the molecule is [F-].[F-].[Hf+2][C]1=Cc2ccccc2C1c1ccccc1. The summed E-state index contributed by atoms with van der Waals surface area (Å²) in [6, 6.07) is 19.6.